The molecule has 1 aromatic rings. The first-order valence-corrected chi connectivity index (χ1v) is 8.04. The van der Waals surface area contributed by atoms with Gasteiger partial charge in [0.15, 0.2) is 0 Å². The van der Waals surface area contributed by atoms with Crippen LogP contribution in [-0.2, 0) is 11.2 Å². The van der Waals surface area contributed by atoms with Gasteiger partial charge in [-0.25, -0.2) is 0 Å². The Hall–Kier alpha value is -1.02. The first kappa shape index (κ1) is 13.9. The van der Waals surface area contributed by atoms with Gasteiger partial charge in [0.05, 0.1) is 0 Å². The number of benzene rings is 1. The van der Waals surface area contributed by atoms with Crippen molar-refractivity contribution in [3.8, 4) is 0 Å². The van der Waals surface area contributed by atoms with Crippen molar-refractivity contribution >= 4 is 17.5 Å². The van der Waals surface area contributed by atoms with Crippen molar-refractivity contribution < 1.29 is 4.79 Å². The van der Waals surface area contributed by atoms with Gasteiger partial charge in [-0.05, 0) is 56.1 Å². The summed E-state index contributed by atoms with van der Waals surface area (Å²) >= 11 is 5.99. The number of aryl methyl sites for hydroxylation is 1. The highest BCUT2D eigenvalue weighted by Crippen LogP contribution is 2.59. The molecule has 5 atom stereocenters. The molecule has 5 unspecified atom stereocenters. The summed E-state index contributed by atoms with van der Waals surface area (Å²) in [5.74, 6) is 1.43. The van der Waals surface area contributed by atoms with Gasteiger partial charge in [0.2, 0.25) is 5.91 Å². The van der Waals surface area contributed by atoms with E-state index in [2.05, 4.69) is 29.6 Å². The quantitative estimate of drug-likeness (QED) is 0.846. The van der Waals surface area contributed by atoms with Crippen LogP contribution in [0.25, 0.3) is 0 Å². The number of hydrogen-bond donors (Lipinski definition) is 1. The Balaban J connectivity index is 1.65. The van der Waals surface area contributed by atoms with E-state index in [1.165, 1.54) is 11.1 Å². The van der Waals surface area contributed by atoms with E-state index < -0.39 is 0 Å². The summed E-state index contributed by atoms with van der Waals surface area (Å²) < 4.78 is 0. The van der Waals surface area contributed by atoms with Crippen LogP contribution in [0.15, 0.2) is 24.3 Å². The van der Waals surface area contributed by atoms with Crippen LogP contribution in [0.2, 0.25) is 0 Å². The molecule has 3 rings (SSSR count). The number of nitrogens with one attached hydrogen (secondary N) is 1. The van der Waals surface area contributed by atoms with Gasteiger partial charge in [-0.15, -0.1) is 11.6 Å². The molecular formula is C17H22ClNO. The average Bonchev–Trinajstić information content (AvgIpc) is 3.12. The molecule has 1 fully saturated rings. The van der Waals surface area contributed by atoms with Crippen LogP contribution in [0.1, 0.15) is 43.7 Å². The molecule has 1 aromatic carbocycles. The van der Waals surface area contributed by atoms with Crippen LogP contribution in [-0.4, -0.2) is 17.3 Å². The number of amides is 1. The van der Waals surface area contributed by atoms with E-state index in [0.29, 0.717) is 11.8 Å². The fourth-order valence-corrected chi connectivity index (χ4v) is 4.08. The fraction of sp³-hybridized carbons (Fsp3) is 0.588. The van der Waals surface area contributed by atoms with Crippen molar-refractivity contribution in [1.82, 2.24) is 5.32 Å². The lowest BCUT2D eigenvalue weighted by Gasteiger charge is -2.15. The maximum absolute atomic E-state index is 12.4. The number of alkyl halides is 1. The molecular weight excluding hydrogens is 270 g/mol. The third kappa shape index (κ3) is 2.58. The number of hydrogen-bond acceptors (Lipinski definition) is 1. The molecule has 0 radical (unpaired) electrons. The van der Waals surface area contributed by atoms with Crippen LogP contribution in [0.5, 0.6) is 0 Å². The molecule has 0 heterocycles. The minimum Gasteiger partial charge on any atom is -0.353 e. The Morgan fingerprint density at radius 2 is 2.15 bits per heavy atom. The van der Waals surface area contributed by atoms with E-state index >= 15 is 0 Å². The van der Waals surface area contributed by atoms with Gasteiger partial charge in [-0.3, -0.25) is 4.79 Å². The van der Waals surface area contributed by atoms with Crippen molar-refractivity contribution in [2.24, 2.45) is 11.8 Å². The van der Waals surface area contributed by atoms with Gasteiger partial charge in [-0.2, -0.15) is 0 Å². The highest BCUT2D eigenvalue weighted by molar-refractivity contribution is 6.20. The molecule has 3 heteroatoms. The van der Waals surface area contributed by atoms with Crippen molar-refractivity contribution in [1.29, 1.82) is 0 Å². The maximum Gasteiger partial charge on any atom is 0.224 e. The Kier molecular flexibility index (Phi) is 3.76. The normalized spacial score (nSPS) is 29.9. The molecule has 0 aliphatic heterocycles. The van der Waals surface area contributed by atoms with E-state index in [9.17, 15) is 4.79 Å². The predicted molar refractivity (Wildman–Crippen MR) is 82.0 cm³/mol. The number of carbonyl (C=O) groups excluding carboxylic acids is 1. The van der Waals surface area contributed by atoms with Gasteiger partial charge in [0.1, 0.15) is 0 Å². The molecule has 1 amide bonds. The summed E-state index contributed by atoms with van der Waals surface area (Å²) in [6.45, 7) is 4.01. The molecule has 1 saturated carbocycles. The molecule has 2 aliphatic rings. The summed E-state index contributed by atoms with van der Waals surface area (Å²) in [6.07, 6.45) is 3.10. The lowest BCUT2D eigenvalue weighted by Crippen LogP contribution is -2.35. The third-order valence-electron chi connectivity index (χ3n) is 4.70. The van der Waals surface area contributed by atoms with Crippen LogP contribution in [0.3, 0.4) is 0 Å². The van der Waals surface area contributed by atoms with Crippen molar-refractivity contribution in [2.75, 3.05) is 0 Å². The van der Waals surface area contributed by atoms with E-state index in [1.807, 2.05) is 13.8 Å². The summed E-state index contributed by atoms with van der Waals surface area (Å²) in [5, 5.41) is 3.24. The molecule has 20 heavy (non-hydrogen) atoms. The minimum atomic E-state index is 0.104. The Labute approximate surface area is 125 Å². The van der Waals surface area contributed by atoms with Crippen LogP contribution >= 0.6 is 11.6 Å². The van der Waals surface area contributed by atoms with Gasteiger partial charge in [-0.1, -0.05) is 24.3 Å². The maximum atomic E-state index is 12.4. The van der Waals surface area contributed by atoms with Gasteiger partial charge >= 0.3 is 0 Å². The van der Waals surface area contributed by atoms with E-state index in [1.54, 1.807) is 0 Å². The Bertz CT molecular complexity index is 513. The second-order valence-electron chi connectivity index (χ2n) is 6.38. The number of halogens is 1. The second-order valence-corrected chi connectivity index (χ2v) is 7.12. The monoisotopic (exact) mass is 291 g/mol. The predicted octanol–water partition coefficient (Wildman–Crippen LogP) is 3.48. The van der Waals surface area contributed by atoms with Crippen LogP contribution < -0.4 is 5.32 Å². The summed E-state index contributed by atoms with van der Waals surface area (Å²) in [5.41, 5.74) is 2.84. The number of rotatable bonds is 4. The molecule has 108 valence electrons. The zero-order valence-corrected chi connectivity index (χ0v) is 12.9. The van der Waals surface area contributed by atoms with E-state index in [4.69, 9.17) is 11.6 Å². The SMILES string of the molecule is CC(Cl)CC(C)NC(=O)C1C2CCc3ccccc3C21. The zero-order valence-electron chi connectivity index (χ0n) is 12.1. The van der Waals surface area contributed by atoms with Crippen molar-refractivity contribution in [3.05, 3.63) is 35.4 Å². The standard InChI is InChI=1S/C17H22ClNO/c1-10(18)9-11(2)19-17(20)16-14-8-7-12-5-3-4-6-13(12)15(14)16/h3-6,10-11,14-16H,7-9H2,1-2H3,(H,19,20). The van der Waals surface area contributed by atoms with Gasteiger partial charge < -0.3 is 5.32 Å². The summed E-state index contributed by atoms with van der Waals surface area (Å²) in [4.78, 5) is 12.4. The minimum absolute atomic E-state index is 0.104. The molecule has 0 spiro atoms. The first-order valence-electron chi connectivity index (χ1n) is 7.60. The first-order chi connectivity index (χ1) is 9.58. The fourth-order valence-electron chi connectivity index (χ4n) is 3.81. The van der Waals surface area contributed by atoms with Crippen molar-refractivity contribution in [2.45, 2.75) is 50.4 Å². The number of carbonyl (C=O) groups is 1. The summed E-state index contributed by atoms with van der Waals surface area (Å²) in [6, 6.07) is 8.75. The highest BCUT2D eigenvalue weighted by Gasteiger charge is 2.56. The lowest BCUT2D eigenvalue weighted by atomic mass is 9.92. The summed E-state index contributed by atoms with van der Waals surface area (Å²) in [7, 11) is 0. The Morgan fingerprint density at radius 1 is 1.40 bits per heavy atom. The molecule has 1 N–H and O–H groups in total. The second kappa shape index (κ2) is 5.40. The van der Waals surface area contributed by atoms with Crippen LogP contribution in [0.4, 0.5) is 0 Å². The number of fused-ring (bicyclic) bond motifs is 3. The third-order valence-corrected chi connectivity index (χ3v) is 4.88. The van der Waals surface area contributed by atoms with Crippen molar-refractivity contribution in [3.63, 3.8) is 0 Å². The molecule has 0 aromatic heterocycles. The van der Waals surface area contributed by atoms with Crippen LogP contribution in [0, 0.1) is 11.8 Å². The average molecular weight is 292 g/mol. The lowest BCUT2D eigenvalue weighted by molar-refractivity contribution is -0.123. The zero-order chi connectivity index (χ0) is 14.3. The molecule has 2 aliphatic carbocycles. The van der Waals surface area contributed by atoms with E-state index in [0.717, 1.165) is 19.3 Å². The molecule has 2 nitrogen and oxygen atoms in total. The largest absolute Gasteiger partial charge is 0.353 e. The van der Waals surface area contributed by atoms with Gasteiger partial charge in [0.25, 0.3) is 0 Å². The molecule has 0 bridgehead atoms. The Morgan fingerprint density at radius 3 is 2.90 bits per heavy atom. The topological polar surface area (TPSA) is 29.1 Å². The van der Waals surface area contributed by atoms with Gasteiger partial charge in [0, 0.05) is 17.3 Å². The highest BCUT2D eigenvalue weighted by atomic mass is 35.5. The molecule has 0 saturated heterocycles. The van der Waals surface area contributed by atoms with E-state index in [-0.39, 0.29) is 23.2 Å². The smallest absolute Gasteiger partial charge is 0.224 e.